The molecule has 0 radical (unpaired) electrons. The van der Waals surface area contributed by atoms with E-state index in [1.165, 1.54) is 10.5 Å². The minimum absolute atomic E-state index is 0.130. The standard InChI is InChI=1S/C18H26N2O3/c1-3-16(11-14-8-6-13(2)7-9-14)23-17(21)15-5-4-10-20(12-15)18(19)22/h6-9,15-16H,3-5,10-12H2,1-2H3,(H2,19,22)/t15-,16-/m1/s1. The molecule has 126 valence electrons. The summed E-state index contributed by atoms with van der Waals surface area (Å²) in [5, 5.41) is 0. The molecule has 5 nitrogen and oxygen atoms in total. The predicted molar refractivity (Wildman–Crippen MR) is 88.9 cm³/mol. The van der Waals surface area contributed by atoms with Crippen LogP contribution in [0.25, 0.3) is 0 Å². The maximum atomic E-state index is 12.4. The number of amides is 2. The first kappa shape index (κ1) is 17.3. The van der Waals surface area contributed by atoms with Gasteiger partial charge in [0.2, 0.25) is 0 Å². The van der Waals surface area contributed by atoms with Crippen LogP contribution >= 0.6 is 0 Å². The number of nitrogens with two attached hydrogens (primary N) is 1. The Balaban J connectivity index is 1.91. The van der Waals surface area contributed by atoms with Crippen LogP contribution < -0.4 is 5.73 Å². The van der Waals surface area contributed by atoms with Crippen molar-refractivity contribution in [2.45, 2.75) is 45.6 Å². The third kappa shape index (κ3) is 4.98. The second-order valence-corrected chi connectivity index (χ2v) is 6.28. The minimum atomic E-state index is -0.464. The molecule has 2 atom stereocenters. The van der Waals surface area contributed by atoms with Crippen molar-refractivity contribution in [3.05, 3.63) is 35.4 Å². The highest BCUT2D eigenvalue weighted by molar-refractivity contribution is 5.76. The molecule has 0 bridgehead atoms. The van der Waals surface area contributed by atoms with Crippen LogP contribution in [0.3, 0.4) is 0 Å². The van der Waals surface area contributed by atoms with Gasteiger partial charge >= 0.3 is 12.0 Å². The van der Waals surface area contributed by atoms with Gasteiger partial charge in [-0.1, -0.05) is 36.8 Å². The first-order valence-corrected chi connectivity index (χ1v) is 8.30. The molecule has 0 aliphatic carbocycles. The Kier molecular flexibility index (Phi) is 6.02. The van der Waals surface area contributed by atoms with Crippen LogP contribution in [0.5, 0.6) is 0 Å². The Morgan fingerprint density at radius 2 is 2.04 bits per heavy atom. The average molecular weight is 318 g/mol. The second kappa shape index (κ2) is 7.99. The average Bonchev–Trinajstić information content (AvgIpc) is 2.56. The van der Waals surface area contributed by atoms with Gasteiger partial charge in [-0.15, -0.1) is 0 Å². The molecule has 1 heterocycles. The number of hydrogen-bond donors (Lipinski definition) is 1. The summed E-state index contributed by atoms with van der Waals surface area (Å²) in [6, 6.07) is 7.81. The first-order chi connectivity index (χ1) is 11.0. The Morgan fingerprint density at radius 1 is 1.35 bits per heavy atom. The molecule has 2 amide bonds. The molecule has 1 aromatic carbocycles. The van der Waals surface area contributed by atoms with Crippen LogP contribution in [0.2, 0.25) is 0 Å². The molecule has 1 saturated heterocycles. The Morgan fingerprint density at radius 3 is 2.65 bits per heavy atom. The van der Waals surface area contributed by atoms with Gasteiger partial charge in [-0.25, -0.2) is 4.79 Å². The smallest absolute Gasteiger partial charge is 0.314 e. The lowest BCUT2D eigenvalue weighted by Gasteiger charge is -2.31. The summed E-state index contributed by atoms with van der Waals surface area (Å²) in [5.41, 5.74) is 7.69. The van der Waals surface area contributed by atoms with Crippen LogP contribution in [0.15, 0.2) is 24.3 Å². The number of piperidine rings is 1. The molecule has 1 fully saturated rings. The van der Waals surface area contributed by atoms with Gasteiger partial charge in [0.1, 0.15) is 6.10 Å². The van der Waals surface area contributed by atoms with Crippen LogP contribution in [-0.2, 0) is 16.0 Å². The number of carbonyl (C=O) groups excluding carboxylic acids is 2. The largest absolute Gasteiger partial charge is 0.462 e. The molecule has 0 spiro atoms. The molecule has 2 N–H and O–H groups in total. The van der Waals surface area contributed by atoms with Crippen LogP contribution in [0, 0.1) is 12.8 Å². The van der Waals surface area contributed by atoms with E-state index in [2.05, 4.69) is 31.2 Å². The van der Waals surface area contributed by atoms with Crippen molar-refractivity contribution >= 4 is 12.0 Å². The number of urea groups is 1. The zero-order valence-electron chi connectivity index (χ0n) is 14.0. The summed E-state index contributed by atoms with van der Waals surface area (Å²) >= 11 is 0. The van der Waals surface area contributed by atoms with E-state index in [1.807, 2.05) is 6.92 Å². The lowest BCUT2D eigenvalue weighted by molar-refractivity contribution is -0.155. The number of ether oxygens (including phenoxy) is 1. The van der Waals surface area contributed by atoms with Gasteiger partial charge in [-0.3, -0.25) is 4.79 Å². The van der Waals surface area contributed by atoms with Crippen molar-refractivity contribution in [3.8, 4) is 0 Å². The van der Waals surface area contributed by atoms with Crippen LogP contribution in [0.4, 0.5) is 4.79 Å². The molecule has 1 aromatic rings. The summed E-state index contributed by atoms with van der Waals surface area (Å²) in [6.45, 7) is 5.06. The topological polar surface area (TPSA) is 72.6 Å². The monoisotopic (exact) mass is 318 g/mol. The van der Waals surface area contributed by atoms with E-state index < -0.39 is 6.03 Å². The zero-order valence-corrected chi connectivity index (χ0v) is 14.0. The number of likely N-dealkylation sites (tertiary alicyclic amines) is 1. The number of hydrogen-bond acceptors (Lipinski definition) is 3. The molecule has 2 rings (SSSR count). The SMILES string of the molecule is CC[C@H](Cc1ccc(C)cc1)OC(=O)[C@@H]1CCCN(C(N)=O)C1. The van der Waals surface area contributed by atoms with E-state index in [0.717, 1.165) is 31.2 Å². The summed E-state index contributed by atoms with van der Waals surface area (Å²) in [6.07, 6.45) is 2.90. The van der Waals surface area contributed by atoms with Crippen molar-refractivity contribution in [1.82, 2.24) is 4.90 Å². The van der Waals surface area contributed by atoms with Gasteiger partial charge in [0, 0.05) is 19.5 Å². The summed E-state index contributed by atoms with van der Waals surface area (Å²) in [7, 11) is 0. The number of aryl methyl sites for hydroxylation is 1. The lowest BCUT2D eigenvalue weighted by Crippen LogP contribution is -2.45. The number of benzene rings is 1. The van der Waals surface area contributed by atoms with Crippen LogP contribution in [0.1, 0.15) is 37.3 Å². The fourth-order valence-corrected chi connectivity index (χ4v) is 2.89. The van der Waals surface area contributed by atoms with Crippen LogP contribution in [-0.4, -0.2) is 36.1 Å². The molecule has 5 heteroatoms. The highest BCUT2D eigenvalue weighted by Gasteiger charge is 2.29. The fourth-order valence-electron chi connectivity index (χ4n) is 2.89. The normalized spacial score (nSPS) is 19.2. The van der Waals surface area contributed by atoms with E-state index >= 15 is 0 Å². The Labute approximate surface area is 137 Å². The number of nitrogens with zero attached hydrogens (tertiary/aromatic N) is 1. The third-order valence-electron chi connectivity index (χ3n) is 4.39. The van der Waals surface area contributed by atoms with E-state index in [-0.39, 0.29) is 18.0 Å². The van der Waals surface area contributed by atoms with Gasteiger partial charge < -0.3 is 15.4 Å². The van der Waals surface area contributed by atoms with Crippen molar-refractivity contribution in [3.63, 3.8) is 0 Å². The molecule has 1 aliphatic heterocycles. The van der Waals surface area contributed by atoms with Gasteiger partial charge in [0.05, 0.1) is 5.92 Å². The summed E-state index contributed by atoms with van der Waals surface area (Å²) < 4.78 is 5.68. The third-order valence-corrected chi connectivity index (χ3v) is 4.39. The van der Waals surface area contributed by atoms with E-state index in [0.29, 0.717) is 13.1 Å². The van der Waals surface area contributed by atoms with Crippen molar-refractivity contribution in [1.29, 1.82) is 0 Å². The Hall–Kier alpha value is -2.04. The first-order valence-electron chi connectivity index (χ1n) is 8.30. The predicted octanol–water partition coefficient (Wildman–Crippen LogP) is 2.65. The minimum Gasteiger partial charge on any atom is -0.462 e. The molecule has 23 heavy (non-hydrogen) atoms. The van der Waals surface area contributed by atoms with Gasteiger partial charge in [-0.2, -0.15) is 0 Å². The summed E-state index contributed by atoms with van der Waals surface area (Å²) in [5.74, 6) is -0.474. The number of primary amides is 1. The summed E-state index contributed by atoms with van der Waals surface area (Å²) in [4.78, 5) is 25.2. The quantitative estimate of drug-likeness (QED) is 0.848. The highest BCUT2D eigenvalue weighted by atomic mass is 16.5. The fraction of sp³-hybridized carbons (Fsp3) is 0.556. The maximum Gasteiger partial charge on any atom is 0.314 e. The van der Waals surface area contributed by atoms with Crippen molar-refractivity contribution in [2.24, 2.45) is 11.7 Å². The van der Waals surface area contributed by atoms with E-state index in [1.54, 1.807) is 0 Å². The van der Waals surface area contributed by atoms with E-state index in [9.17, 15) is 9.59 Å². The highest BCUT2D eigenvalue weighted by Crippen LogP contribution is 2.20. The molecule has 0 unspecified atom stereocenters. The molecule has 1 aliphatic rings. The molecule has 0 saturated carbocycles. The van der Waals surface area contributed by atoms with Crippen molar-refractivity contribution < 1.29 is 14.3 Å². The van der Waals surface area contributed by atoms with Crippen molar-refractivity contribution in [2.75, 3.05) is 13.1 Å². The van der Waals surface area contributed by atoms with Gasteiger partial charge in [0.25, 0.3) is 0 Å². The zero-order chi connectivity index (χ0) is 16.8. The molecule has 0 aromatic heterocycles. The number of esters is 1. The Bertz CT molecular complexity index is 542. The molecular formula is C18H26N2O3. The number of carbonyl (C=O) groups is 2. The van der Waals surface area contributed by atoms with E-state index in [4.69, 9.17) is 10.5 Å². The lowest BCUT2D eigenvalue weighted by atomic mass is 9.98. The second-order valence-electron chi connectivity index (χ2n) is 6.28. The van der Waals surface area contributed by atoms with Gasteiger partial charge in [0.15, 0.2) is 0 Å². The van der Waals surface area contributed by atoms with Gasteiger partial charge in [-0.05, 0) is 31.7 Å². The molecular weight excluding hydrogens is 292 g/mol. The maximum absolute atomic E-state index is 12.4. The number of rotatable bonds is 5.